The van der Waals surface area contributed by atoms with E-state index >= 15 is 0 Å². The van der Waals surface area contributed by atoms with Crippen LogP contribution in [0.4, 0.5) is 11.4 Å². The van der Waals surface area contributed by atoms with Crippen molar-refractivity contribution in [1.82, 2.24) is 0 Å². The van der Waals surface area contributed by atoms with Crippen molar-refractivity contribution in [3.05, 3.63) is 47.5 Å². The Balaban J connectivity index is 1.67. The third kappa shape index (κ3) is 4.59. The quantitative estimate of drug-likeness (QED) is 0.838. The topological polar surface area (TPSA) is 60.0 Å². The molecule has 0 atom stereocenters. The number of halogens is 1. The van der Waals surface area contributed by atoms with Crippen LogP contribution in [0.3, 0.4) is 0 Å². The number of anilines is 2. The summed E-state index contributed by atoms with van der Waals surface area (Å²) in [4.78, 5) is 14.5. The molecule has 0 aliphatic carbocycles. The molecule has 26 heavy (non-hydrogen) atoms. The van der Waals surface area contributed by atoms with Gasteiger partial charge in [-0.05, 0) is 30.3 Å². The smallest absolute Gasteiger partial charge is 0.262 e. The highest BCUT2D eigenvalue weighted by molar-refractivity contribution is 6.31. The van der Waals surface area contributed by atoms with Gasteiger partial charge in [0.05, 0.1) is 31.7 Å². The van der Waals surface area contributed by atoms with Gasteiger partial charge in [-0.1, -0.05) is 23.7 Å². The fourth-order valence-corrected chi connectivity index (χ4v) is 2.93. The van der Waals surface area contributed by atoms with E-state index in [9.17, 15) is 4.79 Å². The van der Waals surface area contributed by atoms with Crippen LogP contribution in [0.5, 0.6) is 11.5 Å². The highest BCUT2D eigenvalue weighted by Gasteiger charge is 2.17. The summed E-state index contributed by atoms with van der Waals surface area (Å²) in [7, 11) is 1.56. The lowest BCUT2D eigenvalue weighted by Gasteiger charge is -2.30. The molecule has 1 saturated heterocycles. The summed E-state index contributed by atoms with van der Waals surface area (Å²) >= 11 is 6.11. The average Bonchev–Trinajstić information content (AvgIpc) is 2.67. The minimum absolute atomic E-state index is 0.130. The number of nitrogens with zero attached hydrogens (tertiary/aromatic N) is 1. The summed E-state index contributed by atoms with van der Waals surface area (Å²) in [6.07, 6.45) is 0. The van der Waals surface area contributed by atoms with Crippen molar-refractivity contribution in [3.8, 4) is 11.5 Å². The molecule has 2 aromatic rings. The van der Waals surface area contributed by atoms with E-state index in [1.165, 1.54) is 0 Å². The van der Waals surface area contributed by atoms with E-state index in [0.29, 0.717) is 35.4 Å². The molecule has 1 aliphatic rings. The summed E-state index contributed by atoms with van der Waals surface area (Å²) in [6.45, 7) is 2.72. The van der Waals surface area contributed by atoms with Gasteiger partial charge in [-0.15, -0.1) is 0 Å². The van der Waals surface area contributed by atoms with Gasteiger partial charge in [0.25, 0.3) is 5.91 Å². The van der Waals surface area contributed by atoms with Gasteiger partial charge in [-0.3, -0.25) is 4.79 Å². The van der Waals surface area contributed by atoms with Gasteiger partial charge >= 0.3 is 0 Å². The molecule has 138 valence electrons. The summed E-state index contributed by atoms with van der Waals surface area (Å²) in [5, 5.41) is 3.44. The van der Waals surface area contributed by atoms with Crippen LogP contribution in [0, 0.1) is 0 Å². The van der Waals surface area contributed by atoms with Crippen LogP contribution in [-0.2, 0) is 9.53 Å². The number of para-hydroxylation sites is 2. The van der Waals surface area contributed by atoms with E-state index in [1.54, 1.807) is 25.3 Å². The van der Waals surface area contributed by atoms with Crippen molar-refractivity contribution in [3.63, 3.8) is 0 Å². The number of morpholine rings is 1. The number of rotatable bonds is 6. The first-order chi connectivity index (χ1) is 12.7. The maximum Gasteiger partial charge on any atom is 0.262 e. The normalized spacial score (nSPS) is 14.0. The Morgan fingerprint density at radius 1 is 1.19 bits per heavy atom. The Labute approximate surface area is 157 Å². The number of carbonyl (C=O) groups is 1. The third-order valence-electron chi connectivity index (χ3n) is 4.01. The van der Waals surface area contributed by atoms with Crippen molar-refractivity contribution in [2.45, 2.75) is 0 Å². The summed E-state index contributed by atoms with van der Waals surface area (Å²) in [5.74, 6) is 0.828. The Bertz CT molecular complexity index is 763. The van der Waals surface area contributed by atoms with E-state index in [2.05, 4.69) is 10.2 Å². The van der Waals surface area contributed by atoms with E-state index in [0.717, 1.165) is 18.8 Å². The van der Waals surface area contributed by atoms with Crippen LogP contribution in [0.25, 0.3) is 0 Å². The second-order valence-corrected chi connectivity index (χ2v) is 6.19. The lowest BCUT2D eigenvalue weighted by Crippen LogP contribution is -2.37. The largest absolute Gasteiger partial charge is 0.493 e. The van der Waals surface area contributed by atoms with Crippen molar-refractivity contribution < 1.29 is 19.0 Å². The number of ether oxygens (including phenoxy) is 3. The number of amides is 1. The van der Waals surface area contributed by atoms with Gasteiger partial charge in [0, 0.05) is 18.1 Å². The minimum atomic E-state index is -0.271. The Morgan fingerprint density at radius 3 is 2.65 bits per heavy atom. The van der Waals surface area contributed by atoms with Gasteiger partial charge in [0.2, 0.25) is 0 Å². The summed E-state index contributed by atoms with van der Waals surface area (Å²) in [5.41, 5.74) is 1.58. The molecule has 0 spiro atoms. The highest BCUT2D eigenvalue weighted by atomic mass is 35.5. The Kier molecular flexibility index (Phi) is 6.20. The van der Waals surface area contributed by atoms with E-state index in [-0.39, 0.29) is 12.5 Å². The van der Waals surface area contributed by atoms with E-state index < -0.39 is 0 Å². The number of nitrogens with one attached hydrogen (secondary N) is 1. The maximum atomic E-state index is 12.4. The second-order valence-electron chi connectivity index (χ2n) is 5.75. The van der Waals surface area contributed by atoms with Crippen molar-refractivity contribution in [1.29, 1.82) is 0 Å². The molecule has 0 bridgehead atoms. The monoisotopic (exact) mass is 376 g/mol. The van der Waals surface area contributed by atoms with Crippen molar-refractivity contribution >= 4 is 28.9 Å². The Hall–Kier alpha value is -2.44. The first-order valence-electron chi connectivity index (χ1n) is 8.35. The standard InChI is InChI=1S/C19H21ClN2O4/c1-24-17-4-2-3-5-18(17)26-13-19(23)21-15-12-14(20)6-7-16(15)22-8-10-25-11-9-22/h2-7,12H,8-11,13H2,1H3,(H,21,23). The molecule has 0 aromatic heterocycles. The molecule has 1 N–H and O–H groups in total. The number of hydrogen-bond donors (Lipinski definition) is 1. The maximum absolute atomic E-state index is 12.4. The van der Waals surface area contributed by atoms with Gasteiger partial charge in [-0.25, -0.2) is 0 Å². The van der Waals surface area contributed by atoms with Gasteiger partial charge in [-0.2, -0.15) is 0 Å². The molecule has 6 nitrogen and oxygen atoms in total. The minimum Gasteiger partial charge on any atom is -0.493 e. The average molecular weight is 377 g/mol. The number of benzene rings is 2. The molecule has 2 aromatic carbocycles. The van der Waals surface area contributed by atoms with Crippen LogP contribution in [0.2, 0.25) is 5.02 Å². The molecule has 1 amide bonds. The zero-order chi connectivity index (χ0) is 18.4. The lowest BCUT2D eigenvalue weighted by molar-refractivity contribution is -0.118. The molecule has 1 heterocycles. The molecule has 7 heteroatoms. The fraction of sp³-hybridized carbons (Fsp3) is 0.316. The SMILES string of the molecule is COc1ccccc1OCC(=O)Nc1cc(Cl)ccc1N1CCOCC1. The zero-order valence-electron chi connectivity index (χ0n) is 14.5. The van der Waals surface area contributed by atoms with E-state index in [1.807, 2.05) is 24.3 Å². The molecule has 0 radical (unpaired) electrons. The first kappa shape index (κ1) is 18.4. The Morgan fingerprint density at radius 2 is 1.92 bits per heavy atom. The van der Waals surface area contributed by atoms with Crippen LogP contribution < -0.4 is 19.7 Å². The molecular formula is C19H21ClN2O4. The number of methoxy groups -OCH3 is 1. The van der Waals surface area contributed by atoms with Gasteiger partial charge < -0.3 is 24.4 Å². The first-order valence-corrected chi connectivity index (χ1v) is 8.73. The number of hydrogen-bond acceptors (Lipinski definition) is 5. The summed E-state index contributed by atoms with van der Waals surface area (Å²) in [6, 6.07) is 12.7. The van der Waals surface area contributed by atoms with Crippen molar-refractivity contribution in [2.24, 2.45) is 0 Å². The van der Waals surface area contributed by atoms with Crippen LogP contribution >= 0.6 is 11.6 Å². The predicted molar refractivity (Wildman–Crippen MR) is 102 cm³/mol. The fourth-order valence-electron chi connectivity index (χ4n) is 2.76. The predicted octanol–water partition coefficient (Wildman–Crippen LogP) is 3.20. The molecule has 1 aliphatic heterocycles. The number of carbonyl (C=O) groups excluding carboxylic acids is 1. The van der Waals surface area contributed by atoms with E-state index in [4.69, 9.17) is 25.8 Å². The van der Waals surface area contributed by atoms with Crippen LogP contribution in [-0.4, -0.2) is 45.9 Å². The summed E-state index contributed by atoms with van der Waals surface area (Å²) < 4.78 is 16.2. The molecule has 0 unspecified atom stereocenters. The van der Waals surface area contributed by atoms with Gasteiger partial charge in [0.15, 0.2) is 18.1 Å². The van der Waals surface area contributed by atoms with Crippen molar-refractivity contribution in [2.75, 3.05) is 50.2 Å². The third-order valence-corrected chi connectivity index (χ3v) is 4.25. The molecule has 1 fully saturated rings. The lowest BCUT2D eigenvalue weighted by atomic mass is 10.2. The van der Waals surface area contributed by atoms with Crippen LogP contribution in [0.15, 0.2) is 42.5 Å². The second kappa shape index (κ2) is 8.78. The molecule has 0 saturated carbocycles. The highest BCUT2D eigenvalue weighted by Crippen LogP contribution is 2.30. The van der Waals surface area contributed by atoms with Gasteiger partial charge in [0.1, 0.15) is 0 Å². The molecule has 3 rings (SSSR count). The van der Waals surface area contributed by atoms with Crippen LogP contribution in [0.1, 0.15) is 0 Å². The zero-order valence-corrected chi connectivity index (χ0v) is 15.3. The molecular weight excluding hydrogens is 356 g/mol.